The molecule has 0 atom stereocenters. The average molecular weight is 486 g/mol. The molecule has 0 radical (unpaired) electrons. The van der Waals surface area contributed by atoms with Crippen LogP contribution in [0, 0.1) is 5.92 Å². The van der Waals surface area contributed by atoms with E-state index < -0.39 is 11.7 Å². The molecule has 1 saturated heterocycles. The van der Waals surface area contributed by atoms with Gasteiger partial charge in [0.2, 0.25) is 11.9 Å². The minimum Gasteiger partial charge on any atom is -0.495 e. The Bertz CT molecular complexity index is 1160. The molecule has 0 saturated carbocycles. The number of anilines is 3. The lowest BCUT2D eigenvalue weighted by Crippen LogP contribution is -2.41. The maximum atomic E-state index is 12.9. The van der Waals surface area contributed by atoms with Crippen molar-refractivity contribution in [2.75, 3.05) is 30.4 Å². The Morgan fingerprint density at radius 1 is 1.11 bits per heavy atom. The highest BCUT2D eigenvalue weighted by molar-refractivity contribution is 5.79. The quantitative estimate of drug-likeness (QED) is 0.502. The molecule has 2 N–H and O–H groups in total. The zero-order chi connectivity index (χ0) is 24.8. The first kappa shape index (κ1) is 24.3. The van der Waals surface area contributed by atoms with Crippen LogP contribution in [0.1, 0.15) is 24.0 Å². The number of para-hydroxylation sites is 2. The Balaban J connectivity index is 1.31. The highest BCUT2D eigenvalue weighted by Gasteiger charge is 2.30. The summed E-state index contributed by atoms with van der Waals surface area (Å²) in [5.41, 5.74) is 0.481. The van der Waals surface area contributed by atoms with E-state index in [4.69, 9.17) is 4.74 Å². The summed E-state index contributed by atoms with van der Waals surface area (Å²) in [5, 5.41) is 6.01. The van der Waals surface area contributed by atoms with Crippen molar-refractivity contribution in [2.45, 2.75) is 25.6 Å². The Morgan fingerprint density at radius 2 is 1.89 bits per heavy atom. The van der Waals surface area contributed by atoms with Crippen LogP contribution >= 0.6 is 0 Å². The van der Waals surface area contributed by atoms with Crippen molar-refractivity contribution in [3.8, 4) is 5.75 Å². The molecule has 184 valence electrons. The number of amides is 1. The molecule has 3 aromatic rings. The zero-order valence-electron chi connectivity index (χ0n) is 19.2. The molecular formula is C25H26F3N5O2. The molecule has 1 aromatic heterocycles. The van der Waals surface area contributed by atoms with Crippen molar-refractivity contribution in [1.82, 2.24) is 15.3 Å². The molecule has 1 amide bonds. The van der Waals surface area contributed by atoms with Crippen LogP contribution in [-0.4, -0.2) is 36.1 Å². The summed E-state index contributed by atoms with van der Waals surface area (Å²) in [7, 11) is 1.60. The molecule has 4 rings (SSSR count). The number of ether oxygens (including phenoxy) is 1. The van der Waals surface area contributed by atoms with Crippen molar-refractivity contribution in [3.05, 3.63) is 71.9 Å². The lowest BCUT2D eigenvalue weighted by Gasteiger charge is -2.31. The molecule has 10 heteroatoms. The van der Waals surface area contributed by atoms with E-state index in [1.54, 1.807) is 25.4 Å². The number of benzene rings is 2. The van der Waals surface area contributed by atoms with Crippen LogP contribution in [0.2, 0.25) is 0 Å². The third kappa shape index (κ3) is 6.20. The summed E-state index contributed by atoms with van der Waals surface area (Å²) in [6, 6.07) is 14.3. The summed E-state index contributed by atoms with van der Waals surface area (Å²) in [6.45, 7) is 1.25. The minimum atomic E-state index is -4.41. The van der Waals surface area contributed by atoms with Gasteiger partial charge in [-0.1, -0.05) is 24.3 Å². The smallest absolute Gasteiger partial charge is 0.416 e. The van der Waals surface area contributed by atoms with E-state index in [0.717, 1.165) is 17.8 Å². The molecule has 0 unspecified atom stereocenters. The number of hydrogen-bond acceptors (Lipinski definition) is 6. The molecule has 2 heterocycles. The Hall–Kier alpha value is -3.82. The molecule has 0 bridgehead atoms. The van der Waals surface area contributed by atoms with Crippen molar-refractivity contribution in [2.24, 2.45) is 5.92 Å². The van der Waals surface area contributed by atoms with Crippen LogP contribution in [0.25, 0.3) is 0 Å². The van der Waals surface area contributed by atoms with E-state index >= 15 is 0 Å². The van der Waals surface area contributed by atoms with E-state index in [1.165, 1.54) is 6.07 Å². The van der Waals surface area contributed by atoms with E-state index in [1.807, 2.05) is 29.2 Å². The van der Waals surface area contributed by atoms with Crippen LogP contribution in [0.3, 0.4) is 0 Å². The monoisotopic (exact) mass is 485 g/mol. The fraction of sp³-hybridized carbons (Fsp3) is 0.320. The number of nitrogens with zero attached hydrogens (tertiary/aromatic N) is 3. The topological polar surface area (TPSA) is 79.4 Å². The number of carbonyl (C=O) groups is 1. The molecule has 0 aliphatic carbocycles. The van der Waals surface area contributed by atoms with Gasteiger partial charge < -0.3 is 20.3 Å². The van der Waals surface area contributed by atoms with Gasteiger partial charge in [-0.3, -0.25) is 4.79 Å². The average Bonchev–Trinajstić information content (AvgIpc) is 2.87. The van der Waals surface area contributed by atoms with E-state index in [-0.39, 0.29) is 18.4 Å². The molecule has 35 heavy (non-hydrogen) atoms. The molecule has 1 fully saturated rings. The number of aromatic nitrogens is 2. The van der Waals surface area contributed by atoms with E-state index in [2.05, 4.69) is 20.6 Å². The van der Waals surface area contributed by atoms with Crippen molar-refractivity contribution in [1.29, 1.82) is 0 Å². The number of piperidine rings is 1. The van der Waals surface area contributed by atoms with Crippen molar-refractivity contribution < 1.29 is 22.7 Å². The van der Waals surface area contributed by atoms with Crippen molar-refractivity contribution >= 4 is 23.4 Å². The Morgan fingerprint density at radius 3 is 2.63 bits per heavy atom. The fourth-order valence-corrected chi connectivity index (χ4v) is 3.99. The van der Waals surface area contributed by atoms with Gasteiger partial charge in [0.15, 0.2) is 0 Å². The SMILES string of the molecule is COc1ccccc1Nc1ccnc(N2CCC(C(=O)NCc3cccc(C(F)(F)F)c3)CC2)n1. The Kier molecular flexibility index (Phi) is 7.38. The highest BCUT2D eigenvalue weighted by Crippen LogP contribution is 2.30. The summed E-state index contributed by atoms with van der Waals surface area (Å²) in [4.78, 5) is 23.6. The summed E-state index contributed by atoms with van der Waals surface area (Å²) in [6.07, 6.45) is -1.53. The number of rotatable bonds is 7. The van der Waals surface area contributed by atoms with Gasteiger partial charge in [0.25, 0.3) is 0 Å². The number of carbonyl (C=O) groups excluding carboxylic acids is 1. The number of alkyl halides is 3. The second-order valence-electron chi connectivity index (χ2n) is 8.24. The molecule has 2 aromatic carbocycles. The molecule has 1 aliphatic rings. The van der Waals surface area contributed by atoms with Gasteiger partial charge in [-0.05, 0) is 48.7 Å². The second kappa shape index (κ2) is 10.6. The summed E-state index contributed by atoms with van der Waals surface area (Å²) >= 11 is 0. The van der Waals surface area contributed by atoms with E-state index in [0.29, 0.717) is 49.0 Å². The first-order valence-electron chi connectivity index (χ1n) is 11.3. The number of hydrogen-bond donors (Lipinski definition) is 2. The number of nitrogens with one attached hydrogen (secondary N) is 2. The predicted molar refractivity (Wildman–Crippen MR) is 127 cm³/mol. The van der Waals surface area contributed by atoms with Gasteiger partial charge in [0.1, 0.15) is 11.6 Å². The lowest BCUT2D eigenvalue weighted by atomic mass is 9.96. The first-order chi connectivity index (χ1) is 16.8. The second-order valence-corrected chi connectivity index (χ2v) is 8.24. The summed E-state index contributed by atoms with van der Waals surface area (Å²) < 4.78 is 44.0. The van der Waals surface area contributed by atoms with Gasteiger partial charge >= 0.3 is 6.18 Å². The normalized spacial score (nSPS) is 14.5. The molecule has 7 nitrogen and oxygen atoms in total. The standard InChI is InChI=1S/C25H26F3N5O2/c1-35-21-8-3-2-7-20(21)31-22-9-12-29-24(32-22)33-13-10-18(11-14-33)23(34)30-16-17-5-4-6-19(15-17)25(26,27)28/h2-9,12,15,18H,10-11,13-14,16H2,1H3,(H,30,34)(H,29,31,32). The fourth-order valence-electron chi connectivity index (χ4n) is 3.99. The van der Waals surface area contributed by atoms with Crippen molar-refractivity contribution in [3.63, 3.8) is 0 Å². The van der Waals surface area contributed by atoms with Crippen LogP contribution in [-0.2, 0) is 17.5 Å². The third-order valence-corrected chi connectivity index (χ3v) is 5.88. The largest absolute Gasteiger partial charge is 0.495 e. The molecular weight excluding hydrogens is 459 g/mol. The minimum absolute atomic E-state index is 0.0583. The predicted octanol–water partition coefficient (Wildman–Crippen LogP) is 4.78. The Labute approximate surface area is 201 Å². The van der Waals surface area contributed by atoms with Crippen LogP contribution in [0.15, 0.2) is 60.8 Å². The molecule has 1 aliphatic heterocycles. The van der Waals surface area contributed by atoms with Gasteiger partial charge in [0.05, 0.1) is 18.4 Å². The lowest BCUT2D eigenvalue weighted by molar-refractivity contribution is -0.137. The highest BCUT2D eigenvalue weighted by atomic mass is 19.4. The first-order valence-corrected chi connectivity index (χ1v) is 11.3. The summed E-state index contributed by atoms with van der Waals surface area (Å²) in [5.74, 6) is 1.51. The van der Waals surface area contributed by atoms with Gasteiger partial charge in [-0.15, -0.1) is 0 Å². The maximum absolute atomic E-state index is 12.9. The van der Waals surface area contributed by atoms with Gasteiger partial charge in [-0.2, -0.15) is 18.2 Å². The van der Waals surface area contributed by atoms with Gasteiger partial charge in [-0.25, -0.2) is 4.98 Å². The van der Waals surface area contributed by atoms with Gasteiger partial charge in [0, 0.05) is 31.7 Å². The van der Waals surface area contributed by atoms with Crippen LogP contribution in [0.4, 0.5) is 30.6 Å². The number of methoxy groups -OCH3 is 1. The van der Waals surface area contributed by atoms with E-state index in [9.17, 15) is 18.0 Å². The maximum Gasteiger partial charge on any atom is 0.416 e. The number of halogens is 3. The van der Waals surface area contributed by atoms with Crippen LogP contribution < -0.4 is 20.3 Å². The van der Waals surface area contributed by atoms with Crippen LogP contribution in [0.5, 0.6) is 5.75 Å². The third-order valence-electron chi connectivity index (χ3n) is 5.88. The zero-order valence-corrected chi connectivity index (χ0v) is 19.2. The molecule has 0 spiro atoms.